The number of benzene rings is 1. The quantitative estimate of drug-likeness (QED) is 0.582. The number of nitro benzene ring substituents is 1. The van der Waals surface area contributed by atoms with Crippen LogP contribution in [0.2, 0.25) is 0 Å². The third-order valence-corrected chi connectivity index (χ3v) is 2.11. The number of aromatic carboxylic acids is 1. The molecule has 0 radical (unpaired) electrons. The van der Waals surface area contributed by atoms with Crippen molar-refractivity contribution in [1.82, 2.24) is 0 Å². The van der Waals surface area contributed by atoms with Crippen molar-refractivity contribution in [3.05, 3.63) is 33.9 Å². The highest BCUT2D eigenvalue weighted by molar-refractivity contribution is 5.89. The second kappa shape index (κ2) is 5.13. The number of hydrogen-bond donors (Lipinski definition) is 2. The second-order valence-electron chi connectivity index (χ2n) is 3.41. The summed E-state index contributed by atoms with van der Waals surface area (Å²) in [7, 11) is 0. The first-order chi connectivity index (χ1) is 8.32. The monoisotopic (exact) mass is 254 g/mol. The lowest BCUT2D eigenvalue weighted by atomic mass is 10.2. The molecule has 0 bridgehead atoms. The first-order valence-corrected chi connectivity index (χ1v) is 4.80. The molecular weight excluding hydrogens is 244 g/mol. The molecule has 0 saturated heterocycles. The second-order valence-corrected chi connectivity index (χ2v) is 3.41. The number of carbonyl (C=O) groups is 2. The van der Waals surface area contributed by atoms with E-state index in [-0.39, 0.29) is 11.3 Å². The van der Waals surface area contributed by atoms with Gasteiger partial charge in [0.15, 0.2) is 11.9 Å². The van der Waals surface area contributed by atoms with Crippen LogP contribution < -0.4 is 10.5 Å². The third-order valence-electron chi connectivity index (χ3n) is 2.11. The molecule has 0 aliphatic rings. The highest BCUT2D eigenvalue weighted by Crippen LogP contribution is 2.28. The fourth-order valence-corrected chi connectivity index (χ4v) is 1.14. The Balaban J connectivity index is 3.16. The van der Waals surface area contributed by atoms with Gasteiger partial charge in [-0.3, -0.25) is 14.9 Å². The van der Waals surface area contributed by atoms with Gasteiger partial charge in [-0.2, -0.15) is 0 Å². The molecule has 1 rings (SSSR count). The van der Waals surface area contributed by atoms with Crippen LogP contribution in [0, 0.1) is 10.1 Å². The minimum atomic E-state index is -1.30. The third kappa shape index (κ3) is 2.94. The molecule has 1 aromatic rings. The van der Waals surface area contributed by atoms with Crippen LogP contribution in [0.15, 0.2) is 18.2 Å². The topological polar surface area (TPSA) is 133 Å². The Bertz CT molecular complexity index is 513. The summed E-state index contributed by atoms with van der Waals surface area (Å²) in [5, 5.41) is 19.5. The van der Waals surface area contributed by atoms with Crippen molar-refractivity contribution in [3.8, 4) is 5.75 Å². The molecule has 0 aromatic heterocycles. The van der Waals surface area contributed by atoms with Crippen LogP contribution in [0.5, 0.6) is 5.75 Å². The Morgan fingerprint density at radius 1 is 1.50 bits per heavy atom. The number of rotatable bonds is 5. The van der Waals surface area contributed by atoms with Crippen molar-refractivity contribution in [3.63, 3.8) is 0 Å². The summed E-state index contributed by atoms with van der Waals surface area (Å²) in [4.78, 5) is 31.4. The van der Waals surface area contributed by atoms with Gasteiger partial charge in [0.05, 0.1) is 10.5 Å². The maximum atomic E-state index is 10.8. The molecule has 1 amide bonds. The van der Waals surface area contributed by atoms with Gasteiger partial charge in [0.1, 0.15) is 0 Å². The molecule has 0 heterocycles. The smallest absolute Gasteiger partial charge is 0.335 e. The molecule has 1 aromatic carbocycles. The van der Waals surface area contributed by atoms with Crippen LogP contribution in [-0.2, 0) is 4.79 Å². The number of nitrogens with two attached hydrogens (primary N) is 1. The molecule has 0 aliphatic heterocycles. The zero-order chi connectivity index (χ0) is 13.9. The van der Waals surface area contributed by atoms with Gasteiger partial charge in [0.25, 0.3) is 5.91 Å². The van der Waals surface area contributed by atoms with E-state index in [0.717, 1.165) is 18.2 Å². The summed E-state index contributed by atoms with van der Waals surface area (Å²) >= 11 is 0. The molecule has 1 unspecified atom stereocenters. The molecule has 8 heteroatoms. The van der Waals surface area contributed by atoms with Gasteiger partial charge in [0, 0.05) is 6.07 Å². The van der Waals surface area contributed by atoms with Crippen molar-refractivity contribution in [2.24, 2.45) is 5.73 Å². The number of carboxylic acids is 1. The Labute approximate surface area is 101 Å². The molecular formula is C10H10N2O6. The number of carbonyl (C=O) groups excluding carboxylic acids is 1. The van der Waals surface area contributed by atoms with Gasteiger partial charge in [0.2, 0.25) is 0 Å². The molecule has 0 fully saturated rings. The van der Waals surface area contributed by atoms with E-state index in [1.807, 2.05) is 0 Å². The van der Waals surface area contributed by atoms with Crippen LogP contribution in [0.4, 0.5) is 5.69 Å². The SMILES string of the molecule is CC(Oc1ccc(C(=O)O)cc1[N+](=O)[O-])C(N)=O. The maximum Gasteiger partial charge on any atom is 0.335 e. The lowest BCUT2D eigenvalue weighted by Gasteiger charge is -2.11. The fourth-order valence-electron chi connectivity index (χ4n) is 1.14. The van der Waals surface area contributed by atoms with E-state index in [1.54, 1.807) is 0 Å². The fraction of sp³-hybridized carbons (Fsp3) is 0.200. The van der Waals surface area contributed by atoms with Gasteiger partial charge >= 0.3 is 11.7 Å². The zero-order valence-electron chi connectivity index (χ0n) is 9.32. The molecule has 0 spiro atoms. The molecule has 3 N–H and O–H groups in total. The Morgan fingerprint density at radius 3 is 2.56 bits per heavy atom. The highest BCUT2D eigenvalue weighted by atomic mass is 16.6. The van der Waals surface area contributed by atoms with E-state index in [4.69, 9.17) is 15.6 Å². The molecule has 1 atom stereocenters. The van der Waals surface area contributed by atoms with Crippen LogP contribution >= 0.6 is 0 Å². The van der Waals surface area contributed by atoms with Crippen molar-refractivity contribution >= 4 is 17.6 Å². The average Bonchev–Trinajstić information content (AvgIpc) is 2.28. The Hall–Kier alpha value is -2.64. The van der Waals surface area contributed by atoms with E-state index >= 15 is 0 Å². The molecule has 18 heavy (non-hydrogen) atoms. The van der Waals surface area contributed by atoms with Crippen molar-refractivity contribution in [2.75, 3.05) is 0 Å². The summed E-state index contributed by atoms with van der Waals surface area (Å²) in [6.07, 6.45) is -1.06. The van der Waals surface area contributed by atoms with Crippen molar-refractivity contribution in [2.45, 2.75) is 13.0 Å². The average molecular weight is 254 g/mol. The van der Waals surface area contributed by atoms with Crippen LogP contribution in [0.1, 0.15) is 17.3 Å². The highest BCUT2D eigenvalue weighted by Gasteiger charge is 2.21. The standard InChI is InChI=1S/C10H10N2O6/c1-5(9(11)13)18-8-3-2-6(10(14)15)4-7(8)12(16)17/h2-5H,1H3,(H2,11,13)(H,14,15). The number of amides is 1. The number of nitrogens with zero attached hydrogens (tertiary/aromatic N) is 1. The van der Waals surface area contributed by atoms with E-state index in [1.165, 1.54) is 6.92 Å². The predicted octanol–water partition coefficient (Wildman–Crippen LogP) is 0.546. The zero-order valence-corrected chi connectivity index (χ0v) is 9.32. The minimum Gasteiger partial charge on any atom is -0.478 e. The number of nitro groups is 1. The maximum absolute atomic E-state index is 10.8. The summed E-state index contributed by atoms with van der Waals surface area (Å²) in [5.74, 6) is -2.30. The summed E-state index contributed by atoms with van der Waals surface area (Å²) in [6.45, 7) is 1.33. The Kier molecular flexibility index (Phi) is 3.82. The molecule has 0 aliphatic carbocycles. The number of carboxylic acid groups (broad SMARTS) is 1. The lowest BCUT2D eigenvalue weighted by molar-refractivity contribution is -0.386. The summed E-state index contributed by atoms with van der Waals surface area (Å²) < 4.78 is 4.99. The van der Waals surface area contributed by atoms with E-state index in [0.29, 0.717) is 0 Å². The Morgan fingerprint density at radius 2 is 2.11 bits per heavy atom. The van der Waals surface area contributed by atoms with Crippen molar-refractivity contribution < 1.29 is 24.4 Å². The van der Waals surface area contributed by atoms with Gasteiger partial charge in [-0.05, 0) is 19.1 Å². The van der Waals surface area contributed by atoms with Crippen LogP contribution in [0.25, 0.3) is 0 Å². The van der Waals surface area contributed by atoms with Crippen molar-refractivity contribution in [1.29, 1.82) is 0 Å². The van der Waals surface area contributed by atoms with E-state index in [2.05, 4.69) is 0 Å². The lowest BCUT2D eigenvalue weighted by Crippen LogP contribution is -2.30. The van der Waals surface area contributed by atoms with Crippen LogP contribution in [-0.4, -0.2) is 28.0 Å². The minimum absolute atomic E-state index is 0.212. The number of hydrogen-bond acceptors (Lipinski definition) is 5. The molecule has 8 nitrogen and oxygen atoms in total. The van der Waals surface area contributed by atoms with Crippen LogP contribution in [0.3, 0.4) is 0 Å². The largest absolute Gasteiger partial charge is 0.478 e. The van der Waals surface area contributed by atoms with Gasteiger partial charge < -0.3 is 15.6 Å². The molecule has 96 valence electrons. The summed E-state index contributed by atoms with van der Waals surface area (Å²) in [6, 6.07) is 3.10. The summed E-state index contributed by atoms with van der Waals surface area (Å²) in [5.41, 5.74) is 4.17. The number of primary amides is 1. The number of ether oxygens (including phenoxy) is 1. The van der Waals surface area contributed by atoms with Gasteiger partial charge in [-0.15, -0.1) is 0 Å². The first kappa shape index (κ1) is 13.4. The van der Waals surface area contributed by atoms with Gasteiger partial charge in [-0.1, -0.05) is 0 Å². The van der Waals surface area contributed by atoms with Gasteiger partial charge in [-0.25, -0.2) is 4.79 Å². The molecule has 0 saturated carbocycles. The first-order valence-electron chi connectivity index (χ1n) is 4.80. The van der Waals surface area contributed by atoms with E-state index in [9.17, 15) is 19.7 Å². The predicted molar refractivity (Wildman–Crippen MR) is 59.3 cm³/mol. The normalized spacial score (nSPS) is 11.6. The van der Waals surface area contributed by atoms with E-state index < -0.39 is 28.6 Å².